The number of likely N-dealkylation sites (tertiary alicyclic amines) is 2. The van der Waals surface area contributed by atoms with Crippen molar-refractivity contribution in [1.82, 2.24) is 25.8 Å². The molecule has 2 aliphatic heterocycles. The molecule has 16 nitrogen and oxygen atoms in total. The van der Waals surface area contributed by atoms with Gasteiger partial charge in [0.1, 0.15) is 36.6 Å². The van der Waals surface area contributed by atoms with Crippen molar-refractivity contribution in [2.45, 2.75) is 115 Å². The molecule has 0 aromatic heterocycles. The van der Waals surface area contributed by atoms with Crippen molar-refractivity contribution < 1.29 is 47.7 Å². The van der Waals surface area contributed by atoms with Gasteiger partial charge in [-0.2, -0.15) is 0 Å². The molecule has 0 radical (unpaired) electrons. The highest BCUT2D eigenvalue weighted by molar-refractivity contribution is 7.58. The second kappa shape index (κ2) is 23.1. The van der Waals surface area contributed by atoms with E-state index in [0.717, 1.165) is 5.56 Å². The topological polar surface area (TPSA) is 227 Å². The molecule has 324 valence electrons. The third-order valence-electron chi connectivity index (χ3n) is 10.7. The monoisotopic (exact) mass is 840 g/mol. The van der Waals surface area contributed by atoms with Crippen molar-refractivity contribution in [1.29, 1.82) is 0 Å². The Kier molecular flexibility index (Phi) is 18.4. The zero-order valence-electron chi connectivity index (χ0n) is 34.4. The summed E-state index contributed by atoms with van der Waals surface area (Å²) in [5, 5.41) is 8.26. The van der Waals surface area contributed by atoms with E-state index < -0.39 is 79.2 Å². The number of benzene rings is 2. The van der Waals surface area contributed by atoms with Gasteiger partial charge in [-0.25, -0.2) is 9.59 Å². The minimum atomic E-state index is -4.34. The maximum absolute atomic E-state index is 14.2. The van der Waals surface area contributed by atoms with Crippen molar-refractivity contribution in [2.24, 2.45) is 11.7 Å². The normalized spacial score (nSPS) is 18.9. The fraction of sp³-hybridized carbons (Fsp3) is 0.571. The molecule has 2 fully saturated rings. The summed E-state index contributed by atoms with van der Waals surface area (Å²) in [7, 11) is -3.10. The molecule has 6 N–H and O–H groups in total. The number of hydrogen-bond donors (Lipinski definition) is 5. The summed E-state index contributed by atoms with van der Waals surface area (Å²) in [6.45, 7) is 4.77. The minimum absolute atomic E-state index is 0.0358. The summed E-state index contributed by atoms with van der Waals surface area (Å²) in [4.78, 5) is 94.5. The van der Waals surface area contributed by atoms with Crippen LogP contribution in [0.25, 0.3) is 0 Å². The smallest absolute Gasteiger partial charge is 0.410 e. The molecule has 2 saturated heterocycles. The van der Waals surface area contributed by atoms with Crippen LogP contribution < -0.4 is 21.7 Å². The summed E-state index contributed by atoms with van der Waals surface area (Å²) in [6.07, 6.45) is 1.83. The van der Waals surface area contributed by atoms with Gasteiger partial charge in [-0.1, -0.05) is 74.5 Å². The Morgan fingerprint density at radius 2 is 1.41 bits per heavy atom. The van der Waals surface area contributed by atoms with Gasteiger partial charge in [0.2, 0.25) is 31.0 Å². The Morgan fingerprint density at radius 1 is 0.831 bits per heavy atom. The predicted molar refractivity (Wildman–Crippen MR) is 221 cm³/mol. The highest BCUT2D eigenvalue weighted by Gasteiger charge is 2.40. The Balaban J connectivity index is 1.45. The number of ether oxygens (including phenoxy) is 2. The SMILES string of the molecule is COC(=O)[C@H](CC(C)C)NC(=O)C1CCCN1C(=O)CCP(=O)(O)[C@H](Cc1ccccc1)NC(=O)[C@H](CCCCN)NC(=O)C1CCCN1C(=O)OCc1ccccc1. The lowest BCUT2D eigenvalue weighted by molar-refractivity contribution is -0.146. The average molecular weight is 841 g/mol. The first-order valence-electron chi connectivity index (χ1n) is 20.5. The van der Waals surface area contributed by atoms with Gasteiger partial charge in [0, 0.05) is 32.1 Å². The van der Waals surface area contributed by atoms with Crippen molar-refractivity contribution in [2.75, 3.05) is 32.9 Å². The van der Waals surface area contributed by atoms with Crippen LogP contribution in [-0.4, -0.2) is 113 Å². The zero-order chi connectivity index (χ0) is 43.0. The van der Waals surface area contributed by atoms with Gasteiger partial charge in [-0.3, -0.25) is 28.6 Å². The molecule has 2 aromatic carbocycles. The Labute approximate surface area is 346 Å². The Bertz CT molecular complexity index is 1770. The van der Waals surface area contributed by atoms with Crippen molar-refractivity contribution in [3.63, 3.8) is 0 Å². The summed E-state index contributed by atoms with van der Waals surface area (Å²) < 4.78 is 24.6. The molecule has 17 heteroatoms. The van der Waals surface area contributed by atoms with Crippen LogP contribution >= 0.6 is 7.37 Å². The number of nitrogens with one attached hydrogen (secondary N) is 3. The fourth-order valence-corrected chi connectivity index (χ4v) is 9.12. The number of nitrogens with zero attached hydrogens (tertiary/aromatic N) is 2. The molecule has 0 saturated carbocycles. The van der Waals surface area contributed by atoms with E-state index in [0.29, 0.717) is 63.6 Å². The van der Waals surface area contributed by atoms with Crippen LogP contribution in [0.4, 0.5) is 4.79 Å². The standard InChI is InChI=1S/C42H61N6O10P/c1-29(2)26-33(41(53)57-3)45-39(51)34-19-12-23-47(34)37(49)21-25-59(55,56)36(27-30-14-6-4-7-15-30)46-38(50)32(18-10-11-22-43)44-40(52)35-20-13-24-48(35)42(54)58-28-31-16-8-5-9-17-31/h4-9,14-17,29,32-36H,10-13,18-28,43H2,1-3H3,(H,44,52)(H,45,51)(H,46,50)(H,55,56)/t32-,33-,34?,35?,36+/m0/s1. The maximum Gasteiger partial charge on any atom is 0.410 e. The first-order chi connectivity index (χ1) is 28.2. The van der Waals surface area contributed by atoms with E-state index in [1.807, 2.05) is 44.2 Å². The molecule has 2 aliphatic rings. The molecule has 59 heavy (non-hydrogen) atoms. The Morgan fingerprint density at radius 3 is 2.00 bits per heavy atom. The van der Waals surface area contributed by atoms with E-state index in [9.17, 15) is 38.2 Å². The second-order valence-corrected chi connectivity index (χ2v) is 18.2. The van der Waals surface area contributed by atoms with E-state index in [1.165, 1.54) is 16.9 Å². The first kappa shape index (κ1) is 46.9. The van der Waals surface area contributed by atoms with Crippen LogP contribution in [0.15, 0.2) is 60.7 Å². The summed E-state index contributed by atoms with van der Waals surface area (Å²) in [5.74, 6) is -4.07. The van der Waals surface area contributed by atoms with Crippen LogP contribution in [0.3, 0.4) is 0 Å². The molecule has 0 aliphatic carbocycles. The van der Waals surface area contributed by atoms with Crippen LogP contribution in [0.1, 0.15) is 82.8 Å². The first-order valence-corrected chi connectivity index (χ1v) is 22.5. The van der Waals surface area contributed by atoms with Crippen LogP contribution in [0.5, 0.6) is 0 Å². The molecule has 2 heterocycles. The van der Waals surface area contributed by atoms with E-state index in [2.05, 4.69) is 16.0 Å². The van der Waals surface area contributed by atoms with Crippen LogP contribution in [0.2, 0.25) is 0 Å². The second-order valence-electron chi connectivity index (χ2n) is 15.6. The lowest BCUT2D eigenvalue weighted by atomic mass is 10.0. The molecule has 3 unspecified atom stereocenters. The maximum atomic E-state index is 14.2. The quantitative estimate of drug-likeness (QED) is 0.0695. The number of unbranched alkanes of at least 4 members (excludes halogenated alkanes) is 1. The van der Waals surface area contributed by atoms with Gasteiger partial charge >= 0.3 is 12.1 Å². The lowest BCUT2D eigenvalue weighted by Crippen LogP contribution is -2.54. The van der Waals surface area contributed by atoms with Crippen molar-refractivity contribution in [3.05, 3.63) is 71.8 Å². The summed E-state index contributed by atoms with van der Waals surface area (Å²) in [6, 6.07) is 14.2. The molecule has 0 spiro atoms. The molecular formula is C42H61N6O10P. The highest BCUT2D eigenvalue weighted by Crippen LogP contribution is 2.47. The molecule has 6 atom stereocenters. The van der Waals surface area contributed by atoms with Crippen LogP contribution in [-0.2, 0) is 51.0 Å². The molecule has 2 aromatic rings. The number of rotatable bonds is 21. The fourth-order valence-electron chi connectivity index (χ4n) is 7.47. The summed E-state index contributed by atoms with van der Waals surface area (Å²) in [5.41, 5.74) is 7.19. The van der Waals surface area contributed by atoms with Gasteiger partial charge in [-0.05, 0) is 75.0 Å². The van der Waals surface area contributed by atoms with E-state index in [4.69, 9.17) is 15.2 Å². The number of methoxy groups -OCH3 is 1. The van der Waals surface area contributed by atoms with Gasteiger partial charge in [0.15, 0.2) is 0 Å². The largest absolute Gasteiger partial charge is 0.467 e. The van der Waals surface area contributed by atoms with Crippen molar-refractivity contribution in [3.8, 4) is 0 Å². The minimum Gasteiger partial charge on any atom is -0.467 e. The molecule has 0 bridgehead atoms. The number of carbonyl (C=O) groups is 6. The number of hydrogen-bond acceptors (Lipinski definition) is 10. The van der Waals surface area contributed by atoms with Gasteiger partial charge in [0.05, 0.1) is 7.11 Å². The zero-order valence-corrected chi connectivity index (χ0v) is 35.3. The van der Waals surface area contributed by atoms with E-state index >= 15 is 0 Å². The highest BCUT2D eigenvalue weighted by atomic mass is 31.2. The van der Waals surface area contributed by atoms with Crippen molar-refractivity contribution >= 4 is 43.1 Å². The lowest BCUT2D eigenvalue weighted by Gasteiger charge is -2.29. The number of amides is 5. The van der Waals surface area contributed by atoms with E-state index in [1.54, 1.807) is 30.3 Å². The van der Waals surface area contributed by atoms with E-state index in [-0.39, 0.29) is 38.3 Å². The predicted octanol–water partition coefficient (Wildman–Crippen LogP) is 3.44. The third kappa shape index (κ3) is 14.2. The summed E-state index contributed by atoms with van der Waals surface area (Å²) >= 11 is 0. The average Bonchev–Trinajstić information content (AvgIpc) is 3.93. The number of nitrogens with two attached hydrogens (primary N) is 1. The number of esters is 1. The number of carbonyl (C=O) groups excluding carboxylic acids is 6. The molecular weight excluding hydrogens is 779 g/mol. The van der Waals surface area contributed by atoms with Gasteiger partial charge in [-0.15, -0.1) is 0 Å². The third-order valence-corrected chi connectivity index (χ3v) is 12.8. The van der Waals surface area contributed by atoms with Gasteiger partial charge < -0.3 is 41.0 Å². The Hall–Kier alpha value is -4.79. The van der Waals surface area contributed by atoms with Crippen LogP contribution in [0, 0.1) is 5.92 Å². The molecule has 4 rings (SSSR count). The molecule has 5 amide bonds. The van der Waals surface area contributed by atoms with Gasteiger partial charge in [0.25, 0.3) is 0 Å².